The molecular formula is C23H24N6O2. The average molecular weight is 416 g/mol. The molecule has 1 N–H and O–H groups in total. The van der Waals surface area contributed by atoms with E-state index in [9.17, 15) is 9.90 Å². The molecule has 4 aromatic rings. The molecular weight excluding hydrogens is 392 g/mol. The molecule has 5 rings (SSSR count). The Bertz CT molecular complexity index is 1240. The Labute approximate surface area is 179 Å². The summed E-state index contributed by atoms with van der Waals surface area (Å²) in [6, 6.07) is 12.0. The predicted octanol–water partition coefficient (Wildman–Crippen LogP) is 2.39. The lowest BCUT2D eigenvalue weighted by molar-refractivity contribution is 0.0731. The van der Waals surface area contributed by atoms with Crippen LogP contribution in [0.1, 0.15) is 39.8 Å². The highest BCUT2D eigenvalue weighted by Gasteiger charge is 2.28. The van der Waals surface area contributed by atoms with Crippen LogP contribution in [-0.2, 0) is 32.7 Å². The van der Waals surface area contributed by atoms with Gasteiger partial charge in [-0.15, -0.1) is 0 Å². The first-order valence-electron chi connectivity index (χ1n) is 10.5. The molecule has 1 amide bonds. The second-order valence-electron chi connectivity index (χ2n) is 7.75. The van der Waals surface area contributed by atoms with Crippen molar-refractivity contribution in [2.75, 3.05) is 6.54 Å². The van der Waals surface area contributed by atoms with Crippen molar-refractivity contribution in [3.8, 4) is 0 Å². The number of benzene rings is 1. The number of aliphatic hydroxyl groups excluding tert-OH is 1. The Hall–Kier alpha value is -3.52. The molecule has 1 aliphatic heterocycles. The first-order chi connectivity index (χ1) is 15.2. The fourth-order valence-electron chi connectivity index (χ4n) is 4.27. The monoisotopic (exact) mass is 416 g/mol. The van der Waals surface area contributed by atoms with Crippen molar-refractivity contribution in [2.45, 2.75) is 39.6 Å². The number of hydrogen-bond donors (Lipinski definition) is 1. The summed E-state index contributed by atoms with van der Waals surface area (Å²) < 4.78 is 3.91. The number of aliphatic hydroxyl groups is 1. The highest BCUT2D eigenvalue weighted by molar-refractivity contribution is 5.96. The van der Waals surface area contributed by atoms with Crippen LogP contribution < -0.4 is 0 Å². The van der Waals surface area contributed by atoms with E-state index in [2.05, 4.69) is 27.2 Å². The third-order valence-electron chi connectivity index (χ3n) is 5.85. The van der Waals surface area contributed by atoms with Crippen LogP contribution in [0.5, 0.6) is 0 Å². The van der Waals surface area contributed by atoms with Crippen LogP contribution in [0.25, 0.3) is 11.2 Å². The molecule has 1 aliphatic rings. The quantitative estimate of drug-likeness (QED) is 0.540. The number of rotatable bonds is 5. The Kier molecular flexibility index (Phi) is 4.99. The summed E-state index contributed by atoms with van der Waals surface area (Å²) in [6.45, 7) is 4.40. The molecule has 0 unspecified atom stereocenters. The highest BCUT2D eigenvalue weighted by atomic mass is 16.3. The van der Waals surface area contributed by atoms with E-state index >= 15 is 0 Å². The Morgan fingerprint density at radius 3 is 2.81 bits per heavy atom. The van der Waals surface area contributed by atoms with E-state index in [1.54, 1.807) is 17.4 Å². The van der Waals surface area contributed by atoms with Gasteiger partial charge in [-0.2, -0.15) is 5.10 Å². The third kappa shape index (κ3) is 3.48. The first-order valence-corrected chi connectivity index (χ1v) is 10.5. The molecule has 158 valence electrons. The van der Waals surface area contributed by atoms with Gasteiger partial charge >= 0.3 is 0 Å². The molecule has 0 saturated carbocycles. The maximum absolute atomic E-state index is 13.2. The fraction of sp³-hybridized carbons (Fsp3) is 0.304. The van der Waals surface area contributed by atoms with Gasteiger partial charge in [0.05, 0.1) is 30.7 Å². The van der Waals surface area contributed by atoms with Gasteiger partial charge < -0.3 is 14.6 Å². The molecule has 0 bridgehead atoms. The smallest absolute Gasteiger partial charge is 0.255 e. The van der Waals surface area contributed by atoms with E-state index in [-0.39, 0.29) is 12.5 Å². The zero-order valence-corrected chi connectivity index (χ0v) is 17.4. The van der Waals surface area contributed by atoms with Gasteiger partial charge in [-0.25, -0.2) is 9.97 Å². The molecule has 0 atom stereocenters. The highest BCUT2D eigenvalue weighted by Crippen LogP contribution is 2.25. The number of aromatic nitrogens is 5. The summed E-state index contributed by atoms with van der Waals surface area (Å²) in [5.41, 5.74) is 5.88. The van der Waals surface area contributed by atoms with Crippen molar-refractivity contribution >= 4 is 17.1 Å². The molecule has 4 heterocycles. The van der Waals surface area contributed by atoms with E-state index < -0.39 is 0 Å². The number of aryl methyl sites for hydroxylation is 1. The number of pyridine rings is 1. The Morgan fingerprint density at radius 1 is 1.19 bits per heavy atom. The van der Waals surface area contributed by atoms with Crippen molar-refractivity contribution in [2.24, 2.45) is 0 Å². The lowest BCUT2D eigenvalue weighted by Gasteiger charge is -2.28. The largest absolute Gasteiger partial charge is 0.390 e. The van der Waals surface area contributed by atoms with Gasteiger partial charge in [-0.05, 0) is 18.6 Å². The van der Waals surface area contributed by atoms with Gasteiger partial charge in [-0.1, -0.05) is 30.3 Å². The summed E-state index contributed by atoms with van der Waals surface area (Å²) in [5, 5.41) is 14.1. The summed E-state index contributed by atoms with van der Waals surface area (Å²) in [7, 11) is 0. The van der Waals surface area contributed by atoms with Gasteiger partial charge in [0.2, 0.25) is 0 Å². The normalized spacial score (nSPS) is 13.5. The average Bonchev–Trinajstić information content (AvgIpc) is 3.39. The molecule has 0 radical (unpaired) electrons. The molecule has 8 heteroatoms. The van der Waals surface area contributed by atoms with Crippen molar-refractivity contribution in [3.63, 3.8) is 0 Å². The third-order valence-corrected chi connectivity index (χ3v) is 5.85. The van der Waals surface area contributed by atoms with Crippen molar-refractivity contribution in [3.05, 3.63) is 77.0 Å². The van der Waals surface area contributed by atoms with Crippen LogP contribution in [0.3, 0.4) is 0 Å². The van der Waals surface area contributed by atoms with E-state index in [4.69, 9.17) is 0 Å². The summed E-state index contributed by atoms with van der Waals surface area (Å²) in [4.78, 5) is 24.0. The first kappa shape index (κ1) is 19.4. The van der Waals surface area contributed by atoms with Gasteiger partial charge in [0, 0.05) is 43.5 Å². The second kappa shape index (κ2) is 7.96. The van der Waals surface area contributed by atoms with Crippen LogP contribution in [0.2, 0.25) is 0 Å². The van der Waals surface area contributed by atoms with Crippen molar-refractivity contribution in [1.29, 1.82) is 0 Å². The number of carbonyl (C=O) groups excluding carboxylic acids is 1. The lowest BCUT2D eigenvalue weighted by atomic mass is 10.0. The zero-order chi connectivity index (χ0) is 21.4. The molecule has 0 fully saturated rings. The van der Waals surface area contributed by atoms with Gasteiger partial charge in [0.15, 0.2) is 5.65 Å². The predicted molar refractivity (Wildman–Crippen MR) is 115 cm³/mol. The fourth-order valence-corrected chi connectivity index (χ4v) is 4.27. The summed E-state index contributed by atoms with van der Waals surface area (Å²) in [5.74, 6) is -0.0780. The molecule has 0 spiro atoms. The zero-order valence-electron chi connectivity index (χ0n) is 17.4. The van der Waals surface area contributed by atoms with E-state index in [0.29, 0.717) is 36.4 Å². The molecule has 1 aromatic carbocycles. The number of fused-ring (bicyclic) bond motifs is 2. The maximum Gasteiger partial charge on any atom is 0.255 e. The molecule has 31 heavy (non-hydrogen) atoms. The summed E-state index contributed by atoms with van der Waals surface area (Å²) >= 11 is 0. The van der Waals surface area contributed by atoms with Gasteiger partial charge in [0.1, 0.15) is 5.52 Å². The molecule has 8 nitrogen and oxygen atoms in total. The molecule has 0 saturated heterocycles. The van der Waals surface area contributed by atoms with Crippen LogP contribution in [-0.4, -0.2) is 46.8 Å². The van der Waals surface area contributed by atoms with Crippen LogP contribution >= 0.6 is 0 Å². The van der Waals surface area contributed by atoms with Crippen LogP contribution in [0.4, 0.5) is 0 Å². The van der Waals surface area contributed by atoms with Crippen LogP contribution in [0.15, 0.2) is 48.9 Å². The second-order valence-corrected chi connectivity index (χ2v) is 7.75. The van der Waals surface area contributed by atoms with Gasteiger partial charge in [-0.3, -0.25) is 9.48 Å². The number of hydrogen-bond acceptors (Lipinski definition) is 5. The van der Waals surface area contributed by atoms with Crippen molar-refractivity contribution in [1.82, 2.24) is 29.2 Å². The standard InChI is InChI=1S/C23H24N6O2/c1-2-29-21-8-9-27(13-18(21)20(14-30)26-29)23(31)17-10-19-22(24-11-17)28(15-25-19)12-16-6-4-3-5-7-16/h3-7,10-11,15,30H,2,8-9,12-14H2,1H3. The van der Waals surface area contributed by atoms with E-state index in [1.165, 1.54) is 5.56 Å². The molecule has 0 aliphatic carbocycles. The topological polar surface area (TPSA) is 89.1 Å². The number of nitrogens with zero attached hydrogens (tertiary/aromatic N) is 6. The van der Waals surface area contributed by atoms with Crippen molar-refractivity contribution < 1.29 is 9.90 Å². The Morgan fingerprint density at radius 2 is 2.03 bits per heavy atom. The number of imidazole rings is 1. The van der Waals surface area contributed by atoms with E-state index in [1.807, 2.05) is 40.4 Å². The lowest BCUT2D eigenvalue weighted by Crippen LogP contribution is -2.36. The Balaban J connectivity index is 1.39. The minimum Gasteiger partial charge on any atom is -0.390 e. The minimum atomic E-state index is -0.121. The SMILES string of the molecule is CCn1nc(CO)c2c1CCN(C(=O)c1cnc3c(c1)ncn3Cc1ccccc1)C2. The number of carbonyl (C=O) groups is 1. The summed E-state index contributed by atoms with van der Waals surface area (Å²) in [6.07, 6.45) is 4.12. The van der Waals surface area contributed by atoms with E-state index in [0.717, 1.165) is 29.9 Å². The number of amides is 1. The minimum absolute atomic E-state index is 0.0780. The van der Waals surface area contributed by atoms with Gasteiger partial charge in [0.25, 0.3) is 5.91 Å². The maximum atomic E-state index is 13.2. The molecule has 3 aromatic heterocycles. The van der Waals surface area contributed by atoms with Crippen LogP contribution in [0, 0.1) is 0 Å².